The smallest absolute Gasteiger partial charge is 0.233 e. The largest absolute Gasteiger partial charge is 0.339 e. The van der Waals surface area contributed by atoms with Crippen molar-refractivity contribution in [1.29, 1.82) is 0 Å². The highest BCUT2D eigenvalue weighted by atomic mass is 32.2. The summed E-state index contributed by atoms with van der Waals surface area (Å²) in [6, 6.07) is 9.11. The van der Waals surface area contributed by atoms with Gasteiger partial charge in [-0.15, -0.1) is 5.10 Å². The van der Waals surface area contributed by atoms with Gasteiger partial charge in [0.2, 0.25) is 21.1 Å². The number of hydrogen-bond donors (Lipinski definition) is 0. The molecule has 0 N–H and O–H groups in total. The summed E-state index contributed by atoms with van der Waals surface area (Å²) in [5, 5.41) is 11.6. The van der Waals surface area contributed by atoms with Gasteiger partial charge >= 0.3 is 0 Å². The molecule has 0 bridgehead atoms. The van der Waals surface area contributed by atoms with E-state index in [9.17, 15) is 13.2 Å². The van der Waals surface area contributed by atoms with Crippen LogP contribution in [0.1, 0.15) is 5.56 Å². The van der Waals surface area contributed by atoms with Crippen molar-refractivity contribution in [3.05, 3.63) is 35.9 Å². The maximum absolute atomic E-state index is 12.5. The van der Waals surface area contributed by atoms with E-state index in [-0.39, 0.29) is 17.4 Å². The molecule has 0 saturated carbocycles. The molecule has 0 aliphatic carbocycles. The number of nitrogens with zero attached hydrogens (tertiary/aromatic N) is 6. The molecule has 0 spiro atoms. The summed E-state index contributed by atoms with van der Waals surface area (Å²) in [5.41, 5.74) is 0.764. The topological polar surface area (TPSA) is 101 Å². The highest BCUT2D eigenvalue weighted by Crippen LogP contribution is 2.16. The fourth-order valence-corrected chi connectivity index (χ4v) is 4.92. The molecule has 11 heteroatoms. The molecule has 0 atom stereocenters. The summed E-state index contributed by atoms with van der Waals surface area (Å²) < 4.78 is 28.1. The van der Waals surface area contributed by atoms with E-state index < -0.39 is 10.0 Å². The van der Waals surface area contributed by atoms with Crippen LogP contribution in [0.25, 0.3) is 0 Å². The first-order valence-electron chi connectivity index (χ1n) is 8.10. The maximum atomic E-state index is 12.5. The fraction of sp³-hybridized carbons (Fsp3) is 0.467. The van der Waals surface area contributed by atoms with Gasteiger partial charge in [0.15, 0.2) is 0 Å². The SMILES string of the molecule is Cn1nnnc1SCC(=O)N1CCN(S(=O)(=O)Cc2ccccc2)CC1. The van der Waals surface area contributed by atoms with Gasteiger partial charge in [-0.3, -0.25) is 4.79 Å². The summed E-state index contributed by atoms with van der Waals surface area (Å²) in [7, 11) is -1.67. The van der Waals surface area contributed by atoms with E-state index in [1.165, 1.54) is 20.7 Å². The van der Waals surface area contributed by atoms with Gasteiger partial charge in [-0.1, -0.05) is 42.1 Å². The Morgan fingerprint density at radius 2 is 1.85 bits per heavy atom. The lowest BCUT2D eigenvalue weighted by molar-refractivity contribution is -0.129. The van der Waals surface area contributed by atoms with E-state index in [1.54, 1.807) is 24.1 Å². The highest BCUT2D eigenvalue weighted by Gasteiger charge is 2.29. The quantitative estimate of drug-likeness (QED) is 0.632. The summed E-state index contributed by atoms with van der Waals surface area (Å²) in [6.07, 6.45) is 0. The Morgan fingerprint density at radius 3 is 2.46 bits per heavy atom. The molecule has 140 valence electrons. The third-order valence-electron chi connectivity index (χ3n) is 4.08. The number of carbonyl (C=O) groups excluding carboxylic acids is 1. The minimum atomic E-state index is -3.38. The van der Waals surface area contributed by atoms with Crippen molar-refractivity contribution in [2.45, 2.75) is 10.9 Å². The minimum absolute atomic E-state index is 0.0171. The number of tetrazole rings is 1. The minimum Gasteiger partial charge on any atom is -0.339 e. The standard InChI is InChI=1S/C15H20N6O3S2/c1-19-15(16-17-18-19)25-11-14(22)20-7-9-21(10-8-20)26(23,24)12-13-5-3-2-4-6-13/h2-6H,7-12H2,1H3. The number of hydrogen-bond acceptors (Lipinski definition) is 7. The van der Waals surface area contributed by atoms with Crippen molar-refractivity contribution in [1.82, 2.24) is 29.4 Å². The van der Waals surface area contributed by atoms with Crippen molar-refractivity contribution in [2.75, 3.05) is 31.9 Å². The second kappa shape index (κ2) is 8.14. The lowest BCUT2D eigenvalue weighted by atomic mass is 10.2. The van der Waals surface area contributed by atoms with Crippen LogP contribution in [0.4, 0.5) is 0 Å². The molecular weight excluding hydrogens is 376 g/mol. The van der Waals surface area contributed by atoms with E-state index in [4.69, 9.17) is 0 Å². The number of piperazine rings is 1. The summed E-state index contributed by atoms with van der Waals surface area (Å²) in [5.74, 6) is 0.167. The zero-order chi connectivity index (χ0) is 18.6. The van der Waals surface area contributed by atoms with Crippen LogP contribution in [0.2, 0.25) is 0 Å². The van der Waals surface area contributed by atoms with Crippen molar-refractivity contribution < 1.29 is 13.2 Å². The van der Waals surface area contributed by atoms with Gasteiger partial charge < -0.3 is 4.90 Å². The first kappa shape index (κ1) is 18.8. The van der Waals surface area contributed by atoms with Gasteiger partial charge in [0.25, 0.3) is 0 Å². The second-order valence-electron chi connectivity index (χ2n) is 5.90. The summed E-state index contributed by atoms with van der Waals surface area (Å²) in [4.78, 5) is 14.0. The molecule has 0 unspecified atom stereocenters. The van der Waals surface area contributed by atoms with Crippen LogP contribution in [-0.4, -0.2) is 75.7 Å². The number of rotatable bonds is 6. The van der Waals surface area contributed by atoms with Crippen LogP contribution in [0.15, 0.2) is 35.5 Å². The Hall–Kier alpha value is -1.98. The van der Waals surface area contributed by atoms with Crippen LogP contribution in [-0.2, 0) is 27.6 Å². The number of thioether (sulfide) groups is 1. The zero-order valence-electron chi connectivity index (χ0n) is 14.4. The lowest BCUT2D eigenvalue weighted by Crippen LogP contribution is -2.51. The third kappa shape index (κ3) is 4.59. The van der Waals surface area contributed by atoms with Crippen LogP contribution in [0.3, 0.4) is 0 Å². The first-order valence-corrected chi connectivity index (χ1v) is 10.7. The molecule has 2 heterocycles. The summed E-state index contributed by atoms with van der Waals surface area (Å²) >= 11 is 1.27. The van der Waals surface area contributed by atoms with Crippen molar-refractivity contribution in [3.63, 3.8) is 0 Å². The average molecular weight is 396 g/mol. The van der Waals surface area contributed by atoms with E-state index in [2.05, 4.69) is 15.5 Å². The molecule has 1 fully saturated rings. The van der Waals surface area contributed by atoms with Crippen molar-refractivity contribution >= 4 is 27.7 Å². The molecule has 1 aromatic heterocycles. The second-order valence-corrected chi connectivity index (χ2v) is 8.81. The number of aryl methyl sites for hydroxylation is 1. The van der Waals surface area contributed by atoms with Gasteiger partial charge in [-0.25, -0.2) is 13.1 Å². The molecule has 1 amide bonds. The summed E-state index contributed by atoms with van der Waals surface area (Å²) in [6.45, 7) is 1.42. The number of carbonyl (C=O) groups is 1. The molecule has 1 saturated heterocycles. The van der Waals surface area contributed by atoms with Crippen LogP contribution >= 0.6 is 11.8 Å². The molecule has 26 heavy (non-hydrogen) atoms. The van der Waals surface area contributed by atoms with Gasteiger partial charge in [0.05, 0.1) is 11.5 Å². The van der Waals surface area contributed by atoms with Crippen molar-refractivity contribution in [3.8, 4) is 0 Å². The first-order chi connectivity index (χ1) is 12.5. The monoisotopic (exact) mass is 396 g/mol. The van der Waals surface area contributed by atoms with Gasteiger partial charge in [-0.2, -0.15) is 4.31 Å². The molecule has 3 rings (SSSR count). The zero-order valence-corrected chi connectivity index (χ0v) is 16.0. The van der Waals surface area contributed by atoms with Gasteiger partial charge in [-0.05, 0) is 16.0 Å². The van der Waals surface area contributed by atoms with Crippen molar-refractivity contribution in [2.24, 2.45) is 7.05 Å². The molecule has 2 aromatic rings. The molecular formula is C15H20N6O3S2. The van der Waals surface area contributed by atoms with Gasteiger partial charge in [0, 0.05) is 33.2 Å². The molecule has 1 aliphatic heterocycles. The molecule has 1 aromatic carbocycles. The molecule has 0 radical (unpaired) electrons. The predicted octanol–water partition coefficient (Wildman–Crippen LogP) is -0.0236. The average Bonchev–Trinajstić information content (AvgIpc) is 3.05. The number of sulfonamides is 1. The number of benzene rings is 1. The fourth-order valence-electron chi connectivity index (χ4n) is 2.65. The number of aromatic nitrogens is 4. The third-order valence-corrected chi connectivity index (χ3v) is 6.93. The molecule has 1 aliphatic rings. The highest BCUT2D eigenvalue weighted by molar-refractivity contribution is 7.99. The van der Waals surface area contributed by atoms with E-state index in [0.29, 0.717) is 31.3 Å². The molecule has 9 nitrogen and oxygen atoms in total. The Labute approximate surface area is 156 Å². The Morgan fingerprint density at radius 1 is 1.15 bits per heavy atom. The van der Waals surface area contributed by atoms with Crippen LogP contribution in [0, 0.1) is 0 Å². The van der Waals surface area contributed by atoms with Crippen LogP contribution in [0.5, 0.6) is 0 Å². The normalized spacial score (nSPS) is 16.0. The van der Waals surface area contributed by atoms with Crippen LogP contribution < -0.4 is 0 Å². The number of amides is 1. The van der Waals surface area contributed by atoms with E-state index in [1.807, 2.05) is 18.2 Å². The maximum Gasteiger partial charge on any atom is 0.233 e. The predicted molar refractivity (Wildman–Crippen MR) is 96.7 cm³/mol. The Bertz CT molecular complexity index is 847. The lowest BCUT2D eigenvalue weighted by Gasteiger charge is -2.34. The van der Waals surface area contributed by atoms with E-state index >= 15 is 0 Å². The Balaban J connectivity index is 1.50. The Kier molecular flexibility index (Phi) is 5.89. The van der Waals surface area contributed by atoms with Gasteiger partial charge in [0.1, 0.15) is 0 Å². The van der Waals surface area contributed by atoms with E-state index in [0.717, 1.165) is 5.56 Å².